The van der Waals surface area contributed by atoms with Gasteiger partial charge < -0.3 is 0 Å². The third-order valence-electron chi connectivity index (χ3n) is 3.13. The molecule has 1 atom stereocenters. The summed E-state index contributed by atoms with van der Waals surface area (Å²) in [5, 5.41) is 0. The van der Waals surface area contributed by atoms with Crippen molar-refractivity contribution < 1.29 is 8.42 Å². The van der Waals surface area contributed by atoms with Crippen molar-refractivity contribution in [2.24, 2.45) is 0 Å². The molecule has 1 aromatic carbocycles. The summed E-state index contributed by atoms with van der Waals surface area (Å²) in [6.45, 7) is 2.61. The lowest BCUT2D eigenvalue weighted by Crippen LogP contribution is -2.36. The zero-order valence-electron chi connectivity index (χ0n) is 9.77. The molecule has 0 aromatic heterocycles. The first-order chi connectivity index (χ1) is 8.05. The molecule has 1 heterocycles. The molecule has 0 saturated carbocycles. The van der Waals surface area contributed by atoms with Gasteiger partial charge in [0.15, 0.2) is 0 Å². The molecule has 17 heavy (non-hydrogen) atoms. The number of rotatable bonds is 3. The van der Waals surface area contributed by atoms with Gasteiger partial charge in [-0.2, -0.15) is 4.31 Å². The van der Waals surface area contributed by atoms with E-state index in [9.17, 15) is 8.42 Å². The van der Waals surface area contributed by atoms with Gasteiger partial charge in [-0.25, -0.2) is 8.42 Å². The lowest BCUT2D eigenvalue weighted by Gasteiger charge is -2.22. The van der Waals surface area contributed by atoms with Crippen LogP contribution in [0.15, 0.2) is 29.2 Å². The van der Waals surface area contributed by atoms with Crippen LogP contribution >= 0.6 is 22.6 Å². The van der Waals surface area contributed by atoms with Crippen LogP contribution in [-0.4, -0.2) is 29.7 Å². The third-order valence-corrected chi connectivity index (χ3v) is 6.11. The Morgan fingerprint density at radius 3 is 2.59 bits per heavy atom. The number of alkyl halides is 1. The Kier molecular flexibility index (Phi) is 4.10. The average Bonchev–Trinajstić information content (AvgIpc) is 2.78. The van der Waals surface area contributed by atoms with E-state index in [1.807, 2.05) is 19.1 Å². The quantitative estimate of drug-likeness (QED) is 0.610. The molecule has 1 aromatic rings. The van der Waals surface area contributed by atoms with Gasteiger partial charge in [0, 0.05) is 17.0 Å². The van der Waals surface area contributed by atoms with E-state index in [2.05, 4.69) is 22.6 Å². The lowest BCUT2D eigenvalue weighted by molar-refractivity contribution is 0.415. The van der Waals surface area contributed by atoms with Crippen molar-refractivity contribution in [2.75, 3.05) is 11.0 Å². The summed E-state index contributed by atoms with van der Waals surface area (Å²) in [7, 11) is -3.29. The first-order valence-corrected chi connectivity index (χ1v) is 8.67. The zero-order chi connectivity index (χ0) is 12.5. The Balaban J connectivity index is 2.33. The van der Waals surface area contributed by atoms with Gasteiger partial charge in [0.1, 0.15) is 0 Å². The van der Waals surface area contributed by atoms with Gasteiger partial charge in [-0.05, 0) is 31.9 Å². The number of halogens is 1. The van der Waals surface area contributed by atoms with Crippen molar-refractivity contribution in [3.8, 4) is 0 Å². The standard InChI is InChI=1S/C12H16INO2S/c1-10-4-6-12(7-5-10)17(15,16)14-8-2-3-11(14)9-13/h4-7,11H,2-3,8-9H2,1H3/t11-/m1/s1. The van der Waals surface area contributed by atoms with Gasteiger partial charge in [-0.15, -0.1) is 0 Å². The van der Waals surface area contributed by atoms with Crippen molar-refractivity contribution in [3.63, 3.8) is 0 Å². The monoisotopic (exact) mass is 365 g/mol. The summed E-state index contributed by atoms with van der Waals surface area (Å²) in [6, 6.07) is 7.27. The number of benzene rings is 1. The summed E-state index contributed by atoms with van der Waals surface area (Å²) in [5.74, 6) is 0. The van der Waals surface area contributed by atoms with E-state index in [0.717, 1.165) is 22.8 Å². The Morgan fingerprint density at radius 1 is 1.35 bits per heavy atom. The summed E-state index contributed by atoms with van der Waals surface area (Å²) in [4.78, 5) is 0.417. The maximum Gasteiger partial charge on any atom is 0.243 e. The van der Waals surface area contributed by atoms with Gasteiger partial charge in [-0.1, -0.05) is 40.3 Å². The molecule has 3 nitrogen and oxygen atoms in total. The van der Waals surface area contributed by atoms with E-state index in [1.54, 1.807) is 16.4 Å². The predicted octanol–water partition coefficient (Wildman–Crippen LogP) is 2.58. The number of hydrogen-bond acceptors (Lipinski definition) is 2. The Labute approximate surface area is 116 Å². The van der Waals surface area contributed by atoms with Crippen LogP contribution in [-0.2, 0) is 10.0 Å². The molecule has 0 radical (unpaired) electrons. The normalized spacial score (nSPS) is 21.9. The topological polar surface area (TPSA) is 37.4 Å². The van der Waals surface area contributed by atoms with E-state index in [-0.39, 0.29) is 6.04 Å². The molecule has 94 valence electrons. The number of hydrogen-bond donors (Lipinski definition) is 0. The molecule has 0 amide bonds. The lowest BCUT2D eigenvalue weighted by atomic mass is 10.2. The van der Waals surface area contributed by atoms with Crippen LogP contribution in [0.3, 0.4) is 0 Å². The summed E-state index contributed by atoms with van der Waals surface area (Å²) in [5.41, 5.74) is 1.08. The van der Waals surface area contributed by atoms with Gasteiger partial charge >= 0.3 is 0 Å². The molecule has 1 aliphatic heterocycles. The van der Waals surface area contributed by atoms with Gasteiger partial charge in [0.2, 0.25) is 10.0 Å². The predicted molar refractivity (Wildman–Crippen MR) is 77.0 cm³/mol. The first kappa shape index (κ1) is 13.3. The molecular weight excluding hydrogens is 349 g/mol. The summed E-state index contributed by atoms with van der Waals surface area (Å²) >= 11 is 2.26. The van der Waals surface area contributed by atoms with Crippen molar-refractivity contribution in [1.29, 1.82) is 0 Å². The van der Waals surface area contributed by atoms with E-state index in [4.69, 9.17) is 0 Å². The second-order valence-corrected chi connectivity index (χ2v) is 7.15. The second kappa shape index (κ2) is 5.24. The fraction of sp³-hybridized carbons (Fsp3) is 0.500. The third kappa shape index (κ3) is 2.66. The van der Waals surface area contributed by atoms with Gasteiger partial charge in [0.25, 0.3) is 0 Å². The van der Waals surface area contributed by atoms with Gasteiger partial charge in [0.05, 0.1) is 4.90 Å². The minimum Gasteiger partial charge on any atom is -0.207 e. The van der Waals surface area contributed by atoms with Crippen molar-refractivity contribution in [2.45, 2.75) is 30.7 Å². The van der Waals surface area contributed by atoms with Crippen LogP contribution in [0.1, 0.15) is 18.4 Å². The Bertz CT molecular complexity index is 484. The van der Waals surface area contributed by atoms with E-state index < -0.39 is 10.0 Å². The largest absolute Gasteiger partial charge is 0.243 e. The highest BCUT2D eigenvalue weighted by Crippen LogP contribution is 2.27. The number of aryl methyl sites for hydroxylation is 1. The molecule has 1 aliphatic rings. The van der Waals surface area contributed by atoms with Crippen LogP contribution < -0.4 is 0 Å². The minimum absolute atomic E-state index is 0.168. The first-order valence-electron chi connectivity index (χ1n) is 5.70. The van der Waals surface area contributed by atoms with E-state index in [0.29, 0.717) is 11.4 Å². The van der Waals surface area contributed by atoms with Crippen LogP contribution in [0.25, 0.3) is 0 Å². The SMILES string of the molecule is Cc1ccc(S(=O)(=O)N2CCC[C@@H]2CI)cc1. The molecule has 5 heteroatoms. The maximum atomic E-state index is 12.4. The highest BCUT2D eigenvalue weighted by molar-refractivity contribution is 14.1. The zero-order valence-corrected chi connectivity index (χ0v) is 12.7. The van der Waals surface area contributed by atoms with E-state index >= 15 is 0 Å². The summed E-state index contributed by atoms with van der Waals surface area (Å²) in [6.07, 6.45) is 1.95. The Morgan fingerprint density at radius 2 is 2.00 bits per heavy atom. The molecular formula is C12H16INO2S. The average molecular weight is 365 g/mol. The van der Waals surface area contributed by atoms with E-state index in [1.165, 1.54) is 0 Å². The highest BCUT2D eigenvalue weighted by Gasteiger charge is 2.34. The smallest absolute Gasteiger partial charge is 0.207 e. The van der Waals surface area contributed by atoms with Crippen LogP contribution in [0.2, 0.25) is 0 Å². The van der Waals surface area contributed by atoms with Crippen LogP contribution in [0, 0.1) is 6.92 Å². The molecule has 1 saturated heterocycles. The second-order valence-electron chi connectivity index (χ2n) is 4.38. The molecule has 0 bridgehead atoms. The fourth-order valence-electron chi connectivity index (χ4n) is 2.13. The van der Waals surface area contributed by atoms with Crippen molar-refractivity contribution in [3.05, 3.63) is 29.8 Å². The minimum atomic E-state index is -3.29. The van der Waals surface area contributed by atoms with Crippen LogP contribution in [0.4, 0.5) is 0 Å². The molecule has 0 unspecified atom stereocenters. The van der Waals surface area contributed by atoms with Crippen molar-refractivity contribution >= 4 is 32.6 Å². The maximum absolute atomic E-state index is 12.4. The molecule has 0 N–H and O–H groups in total. The molecule has 2 rings (SSSR count). The number of sulfonamides is 1. The highest BCUT2D eigenvalue weighted by atomic mass is 127. The van der Waals surface area contributed by atoms with Crippen LogP contribution in [0.5, 0.6) is 0 Å². The van der Waals surface area contributed by atoms with Crippen molar-refractivity contribution in [1.82, 2.24) is 4.31 Å². The molecule has 0 spiro atoms. The number of nitrogens with zero attached hydrogens (tertiary/aromatic N) is 1. The fourth-order valence-corrected chi connectivity index (χ4v) is 5.00. The molecule has 0 aliphatic carbocycles. The summed E-state index contributed by atoms with van der Waals surface area (Å²) < 4.78 is 27.4. The Hall–Kier alpha value is -0.140. The van der Waals surface area contributed by atoms with Gasteiger partial charge in [-0.3, -0.25) is 0 Å². The molecule has 1 fully saturated rings.